The molecule has 0 atom stereocenters. The molecule has 4 heteroatoms. The molecule has 0 saturated carbocycles. The second kappa shape index (κ2) is 3.65. The van der Waals surface area contributed by atoms with Crippen molar-refractivity contribution < 1.29 is 4.79 Å². The summed E-state index contributed by atoms with van der Waals surface area (Å²) in [5.41, 5.74) is 2.15. The summed E-state index contributed by atoms with van der Waals surface area (Å²) in [6, 6.07) is 1.82. The number of nitrogens with zero attached hydrogens (tertiary/aromatic N) is 3. The van der Waals surface area contributed by atoms with Crippen LogP contribution in [0.15, 0.2) is 30.9 Å². The Hall–Kier alpha value is -1.97. The molecule has 0 N–H and O–H groups in total. The van der Waals surface area contributed by atoms with Crippen molar-refractivity contribution in [3.63, 3.8) is 0 Å². The molecule has 0 saturated heterocycles. The Bertz CT molecular complexity index is 502. The van der Waals surface area contributed by atoms with Crippen LogP contribution in [0, 0.1) is 6.92 Å². The molecule has 2 aromatic rings. The number of hydrogen-bond acceptors (Lipinski definition) is 3. The summed E-state index contributed by atoms with van der Waals surface area (Å²) >= 11 is 0. The van der Waals surface area contributed by atoms with Crippen LogP contribution in [-0.2, 0) is 7.05 Å². The smallest absolute Gasteiger partial charge is 0.197 e. The molecule has 0 aliphatic carbocycles. The number of hydrogen-bond donors (Lipinski definition) is 0. The summed E-state index contributed by atoms with van der Waals surface area (Å²) in [5, 5.41) is 3.97. The van der Waals surface area contributed by atoms with E-state index in [9.17, 15) is 4.79 Å². The third-order valence-electron chi connectivity index (χ3n) is 2.25. The molecule has 2 rings (SSSR count). The number of rotatable bonds is 2. The Morgan fingerprint density at radius 3 is 2.80 bits per heavy atom. The van der Waals surface area contributed by atoms with Crippen molar-refractivity contribution in [3.05, 3.63) is 47.5 Å². The quantitative estimate of drug-likeness (QED) is 0.689. The van der Waals surface area contributed by atoms with Crippen molar-refractivity contribution in [2.45, 2.75) is 6.92 Å². The molecule has 0 aliphatic heterocycles. The lowest BCUT2D eigenvalue weighted by Gasteiger charge is -2.00. The maximum absolute atomic E-state index is 12.0. The normalized spacial score (nSPS) is 10.3. The molecule has 4 nitrogen and oxygen atoms in total. The third-order valence-corrected chi connectivity index (χ3v) is 2.25. The van der Waals surface area contributed by atoms with Crippen LogP contribution >= 0.6 is 0 Å². The summed E-state index contributed by atoms with van der Waals surface area (Å²) in [6.07, 6.45) is 6.53. The summed E-state index contributed by atoms with van der Waals surface area (Å²) in [4.78, 5) is 15.9. The van der Waals surface area contributed by atoms with Crippen LogP contribution in [0.4, 0.5) is 0 Å². The van der Waals surface area contributed by atoms with Gasteiger partial charge in [-0.1, -0.05) is 0 Å². The zero-order valence-corrected chi connectivity index (χ0v) is 8.64. The zero-order chi connectivity index (χ0) is 10.8. The van der Waals surface area contributed by atoms with Gasteiger partial charge in [-0.25, -0.2) is 0 Å². The van der Waals surface area contributed by atoms with Crippen LogP contribution in [0.25, 0.3) is 0 Å². The molecular weight excluding hydrogens is 190 g/mol. The number of carbonyl (C=O) groups excluding carboxylic acids is 1. The maximum Gasteiger partial charge on any atom is 0.197 e. The maximum atomic E-state index is 12.0. The monoisotopic (exact) mass is 201 g/mol. The van der Waals surface area contributed by atoms with Gasteiger partial charge in [0.2, 0.25) is 0 Å². The van der Waals surface area contributed by atoms with Crippen molar-refractivity contribution in [2.75, 3.05) is 0 Å². The third kappa shape index (κ3) is 1.79. The minimum absolute atomic E-state index is 0.0336. The second-order valence-electron chi connectivity index (χ2n) is 3.42. The van der Waals surface area contributed by atoms with E-state index in [-0.39, 0.29) is 5.78 Å². The van der Waals surface area contributed by atoms with Crippen molar-refractivity contribution >= 4 is 5.78 Å². The fourth-order valence-electron chi connectivity index (χ4n) is 1.40. The molecule has 76 valence electrons. The number of aromatic nitrogens is 3. The first-order valence-electron chi connectivity index (χ1n) is 4.62. The molecule has 0 unspecified atom stereocenters. The summed E-state index contributed by atoms with van der Waals surface area (Å²) in [7, 11) is 1.78. The standard InChI is InChI=1S/C11H11N3O/c1-8-3-4-12-6-10(8)11(15)9-5-13-14(2)7-9/h3-7H,1-2H3. The van der Waals surface area contributed by atoms with Crippen molar-refractivity contribution in [1.82, 2.24) is 14.8 Å². The number of pyridine rings is 1. The van der Waals surface area contributed by atoms with Crippen LogP contribution < -0.4 is 0 Å². The van der Waals surface area contributed by atoms with Crippen molar-refractivity contribution in [1.29, 1.82) is 0 Å². The van der Waals surface area contributed by atoms with Crippen molar-refractivity contribution in [3.8, 4) is 0 Å². The number of aryl methyl sites for hydroxylation is 2. The van der Waals surface area contributed by atoms with Gasteiger partial charge in [0.15, 0.2) is 5.78 Å². The molecule has 2 heterocycles. The van der Waals surface area contributed by atoms with Gasteiger partial charge in [0, 0.05) is 31.2 Å². The molecule has 0 fully saturated rings. The lowest BCUT2D eigenvalue weighted by Crippen LogP contribution is -2.03. The van der Waals surface area contributed by atoms with E-state index in [2.05, 4.69) is 10.1 Å². The van der Waals surface area contributed by atoms with E-state index in [0.717, 1.165) is 5.56 Å². The largest absolute Gasteiger partial charge is 0.288 e. The SMILES string of the molecule is Cc1ccncc1C(=O)c1cnn(C)c1. The highest BCUT2D eigenvalue weighted by Gasteiger charge is 2.12. The highest BCUT2D eigenvalue weighted by molar-refractivity contribution is 6.09. The molecule has 0 radical (unpaired) electrons. The first-order chi connectivity index (χ1) is 7.18. The zero-order valence-electron chi connectivity index (χ0n) is 8.64. The summed E-state index contributed by atoms with van der Waals surface area (Å²) in [6.45, 7) is 1.89. The fourth-order valence-corrected chi connectivity index (χ4v) is 1.40. The van der Waals surface area contributed by atoms with Gasteiger partial charge in [0.25, 0.3) is 0 Å². The minimum Gasteiger partial charge on any atom is -0.288 e. The average molecular weight is 201 g/mol. The molecular formula is C11H11N3O. The van der Waals surface area contributed by atoms with Gasteiger partial charge in [-0.05, 0) is 18.6 Å². The highest BCUT2D eigenvalue weighted by atomic mass is 16.1. The Kier molecular flexibility index (Phi) is 2.33. The van der Waals surface area contributed by atoms with E-state index in [4.69, 9.17) is 0 Å². The van der Waals surface area contributed by atoms with Gasteiger partial charge in [-0.2, -0.15) is 5.10 Å². The van der Waals surface area contributed by atoms with Gasteiger partial charge in [-0.3, -0.25) is 14.5 Å². The van der Waals surface area contributed by atoms with E-state index < -0.39 is 0 Å². The Morgan fingerprint density at radius 2 is 2.20 bits per heavy atom. The first-order valence-corrected chi connectivity index (χ1v) is 4.62. The Labute approximate surface area is 87.6 Å². The van der Waals surface area contributed by atoms with E-state index in [0.29, 0.717) is 11.1 Å². The van der Waals surface area contributed by atoms with E-state index in [1.165, 1.54) is 0 Å². The second-order valence-corrected chi connectivity index (χ2v) is 3.42. The predicted octanol–water partition coefficient (Wildman–Crippen LogP) is 1.35. The molecule has 2 aromatic heterocycles. The molecule has 0 aliphatic rings. The molecule has 0 spiro atoms. The van der Waals surface area contributed by atoms with Crippen LogP contribution in [-0.4, -0.2) is 20.5 Å². The molecule has 0 amide bonds. The van der Waals surface area contributed by atoms with Crippen molar-refractivity contribution in [2.24, 2.45) is 7.05 Å². The Balaban J connectivity index is 2.41. The fraction of sp³-hybridized carbons (Fsp3) is 0.182. The van der Waals surface area contributed by atoms with E-state index >= 15 is 0 Å². The van der Waals surface area contributed by atoms with Gasteiger partial charge < -0.3 is 0 Å². The van der Waals surface area contributed by atoms with Crippen LogP contribution in [0.5, 0.6) is 0 Å². The molecule has 15 heavy (non-hydrogen) atoms. The van der Waals surface area contributed by atoms with Gasteiger partial charge in [-0.15, -0.1) is 0 Å². The van der Waals surface area contributed by atoms with Gasteiger partial charge in [0.1, 0.15) is 0 Å². The van der Waals surface area contributed by atoms with Gasteiger partial charge in [0.05, 0.1) is 11.8 Å². The lowest BCUT2D eigenvalue weighted by atomic mass is 10.0. The summed E-state index contributed by atoms with van der Waals surface area (Å²) < 4.78 is 1.61. The van der Waals surface area contributed by atoms with E-state index in [1.54, 1.807) is 36.5 Å². The first kappa shape index (κ1) is 9.58. The van der Waals surface area contributed by atoms with Gasteiger partial charge >= 0.3 is 0 Å². The van der Waals surface area contributed by atoms with Crippen LogP contribution in [0.2, 0.25) is 0 Å². The highest BCUT2D eigenvalue weighted by Crippen LogP contribution is 2.11. The molecule has 0 aromatic carbocycles. The lowest BCUT2D eigenvalue weighted by molar-refractivity contribution is 0.103. The Morgan fingerprint density at radius 1 is 1.40 bits per heavy atom. The van der Waals surface area contributed by atoms with Crippen LogP contribution in [0.1, 0.15) is 21.5 Å². The van der Waals surface area contributed by atoms with E-state index in [1.807, 2.05) is 13.0 Å². The summed E-state index contributed by atoms with van der Waals surface area (Å²) in [5.74, 6) is -0.0336. The van der Waals surface area contributed by atoms with Crippen LogP contribution in [0.3, 0.4) is 0 Å². The minimum atomic E-state index is -0.0336. The predicted molar refractivity (Wildman–Crippen MR) is 55.6 cm³/mol. The topological polar surface area (TPSA) is 47.8 Å². The number of ketones is 1. The number of carbonyl (C=O) groups is 1. The molecule has 0 bridgehead atoms. The average Bonchev–Trinajstić information content (AvgIpc) is 2.65.